The van der Waals surface area contributed by atoms with Gasteiger partial charge in [-0.2, -0.15) is 5.10 Å². The Morgan fingerprint density at radius 3 is 2.63 bits per heavy atom. The van der Waals surface area contributed by atoms with Gasteiger partial charge in [-0.25, -0.2) is 0 Å². The molecule has 1 heterocycles. The molecule has 0 bridgehead atoms. The Balaban J connectivity index is 1.97. The monoisotopic (exact) mass is 257 g/mol. The Morgan fingerprint density at radius 1 is 1.32 bits per heavy atom. The molecule has 2 rings (SSSR count). The summed E-state index contributed by atoms with van der Waals surface area (Å²) in [7, 11) is 0. The van der Waals surface area contributed by atoms with Crippen molar-refractivity contribution in [3.05, 3.63) is 47.3 Å². The molecular weight excluding hydrogens is 238 g/mol. The number of anilines is 1. The Hall–Kier alpha value is -2.10. The van der Waals surface area contributed by atoms with Crippen molar-refractivity contribution in [3.8, 4) is 0 Å². The van der Waals surface area contributed by atoms with Crippen LogP contribution in [-0.4, -0.2) is 16.1 Å². The van der Waals surface area contributed by atoms with Crippen LogP contribution in [0.5, 0.6) is 0 Å². The number of aromatic nitrogens is 2. The smallest absolute Gasteiger partial charge is 0.276 e. The summed E-state index contributed by atoms with van der Waals surface area (Å²) < 4.78 is 0. The van der Waals surface area contributed by atoms with Gasteiger partial charge in [0.2, 0.25) is 0 Å². The average molecular weight is 257 g/mol. The molecule has 0 radical (unpaired) electrons. The van der Waals surface area contributed by atoms with E-state index < -0.39 is 0 Å². The second-order valence-corrected chi connectivity index (χ2v) is 4.69. The number of benzene rings is 1. The first-order valence-corrected chi connectivity index (χ1v) is 6.61. The SMILES string of the molecule is CCCCc1ccc(NC(=O)c2cc(C)[nH]n2)cc1. The largest absolute Gasteiger partial charge is 0.321 e. The molecule has 2 N–H and O–H groups in total. The quantitative estimate of drug-likeness (QED) is 0.863. The van der Waals surface area contributed by atoms with Crippen molar-refractivity contribution in [1.82, 2.24) is 10.2 Å². The first-order valence-electron chi connectivity index (χ1n) is 6.61. The van der Waals surface area contributed by atoms with Crippen molar-refractivity contribution in [3.63, 3.8) is 0 Å². The van der Waals surface area contributed by atoms with Crippen LogP contribution >= 0.6 is 0 Å². The zero-order valence-electron chi connectivity index (χ0n) is 11.4. The van der Waals surface area contributed by atoms with Gasteiger partial charge >= 0.3 is 0 Å². The van der Waals surface area contributed by atoms with E-state index in [4.69, 9.17) is 0 Å². The van der Waals surface area contributed by atoms with Gasteiger partial charge < -0.3 is 5.32 Å². The van der Waals surface area contributed by atoms with Crippen LogP contribution in [-0.2, 0) is 6.42 Å². The molecule has 4 heteroatoms. The lowest BCUT2D eigenvalue weighted by atomic mass is 10.1. The number of nitrogens with zero attached hydrogens (tertiary/aromatic N) is 1. The number of carbonyl (C=O) groups excluding carboxylic acids is 1. The maximum absolute atomic E-state index is 11.9. The lowest BCUT2D eigenvalue weighted by molar-refractivity contribution is 0.102. The molecule has 0 spiro atoms. The molecule has 1 aromatic carbocycles. The topological polar surface area (TPSA) is 57.8 Å². The molecule has 0 aliphatic heterocycles. The highest BCUT2D eigenvalue weighted by Gasteiger charge is 2.09. The number of amides is 1. The van der Waals surface area contributed by atoms with E-state index in [2.05, 4.69) is 34.6 Å². The number of nitrogens with one attached hydrogen (secondary N) is 2. The van der Waals surface area contributed by atoms with Gasteiger partial charge in [-0.1, -0.05) is 25.5 Å². The van der Waals surface area contributed by atoms with Crippen LogP contribution < -0.4 is 5.32 Å². The normalized spacial score (nSPS) is 10.4. The van der Waals surface area contributed by atoms with Crippen molar-refractivity contribution < 1.29 is 4.79 Å². The maximum atomic E-state index is 11.9. The molecule has 0 aliphatic carbocycles. The molecule has 1 aromatic heterocycles. The highest BCUT2D eigenvalue weighted by Crippen LogP contribution is 2.12. The van der Waals surface area contributed by atoms with Crippen LogP contribution in [0.3, 0.4) is 0 Å². The number of hydrogen-bond acceptors (Lipinski definition) is 2. The van der Waals surface area contributed by atoms with Gasteiger partial charge in [-0.05, 0) is 43.5 Å². The van der Waals surface area contributed by atoms with Crippen LogP contribution in [0.4, 0.5) is 5.69 Å². The lowest BCUT2D eigenvalue weighted by Gasteiger charge is -2.05. The predicted molar refractivity (Wildman–Crippen MR) is 76.3 cm³/mol. The number of aryl methyl sites for hydroxylation is 2. The second kappa shape index (κ2) is 6.18. The molecule has 4 nitrogen and oxygen atoms in total. The fourth-order valence-electron chi connectivity index (χ4n) is 1.87. The van der Waals surface area contributed by atoms with Crippen LogP contribution in [0.25, 0.3) is 0 Å². The minimum absolute atomic E-state index is 0.189. The van der Waals surface area contributed by atoms with Crippen LogP contribution in [0, 0.1) is 6.92 Å². The molecule has 19 heavy (non-hydrogen) atoms. The van der Waals surface area contributed by atoms with Crippen molar-refractivity contribution in [2.24, 2.45) is 0 Å². The van der Waals surface area contributed by atoms with E-state index in [1.54, 1.807) is 6.07 Å². The van der Waals surface area contributed by atoms with E-state index in [9.17, 15) is 4.79 Å². The van der Waals surface area contributed by atoms with Gasteiger partial charge in [0.1, 0.15) is 0 Å². The van der Waals surface area contributed by atoms with Gasteiger partial charge in [-0.3, -0.25) is 9.89 Å². The molecule has 1 amide bonds. The average Bonchev–Trinajstić information content (AvgIpc) is 2.85. The van der Waals surface area contributed by atoms with Crippen LogP contribution in [0.1, 0.15) is 41.5 Å². The number of rotatable bonds is 5. The van der Waals surface area contributed by atoms with E-state index in [1.807, 2.05) is 19.1 Å². The number of hydrogen-bond donors (Lipinski definition) is 2. The summed E-state index contributed by atoms with van der Waals surface area (Å²) in [6.07, 6.45) is 3.47. The third-order valence-corrected chi connectivity index (χ3v) is 2.97. The maximum Gasteiger partial charge on any atom is 0.276 e. The van der Waals surface area contributed by atoms with Gasteiger partial charge in [0, 0.05) is 11.4 Å². The number of carbonyl (C=O) groups is 1. The van der Waals surface area contributed by atoms with Crippen molar-refractivity contribution in [2.75, 3.05) is 5.32 Å². The molecule has 0 saturated carbocycles. The highest BCUT2D eigenvalue weighted by molar-refractivity contribution is 6.02. The van der Waals surface area contributed by atoms with E-state index in [-0.39, 0.29) is 5.91 Å². The molecule has 0 atom stereocenters. The molecular formula is C15H19N3O. The van der Waals surface area contributed by atoms with E-state index >= 15 is 0 Å². The summed E-state index contributed by atoms with van der Waals surface area (Å²) in [6, 6.07) is 9.71. The molecule has 0 fully saturated rings. The predicted octanol–water partition coefficient (Wildman–Crippen LogP) is 3.31. The standard InChI is InChI=1S/C15H19N3O/c1-3-4-5-12-6-8-13(9-7-12)16-15(19)14-10-11(2)17-18-14/h6-10H,3-5H2,1-2H3,(H,16,19)(H,17,18). The Bertz CT molecular complexity index is 543. The minimum atomic E-state index is -0.189. The highest BCUT2D eigenvalue weighted by atomic mass is 16.1. The summed E-state index contributed by atoms with van der Waals surface area (Å²) in [5.41, 5.74) is 3.38. The Labute approximate surface area is 113 Å². The zero-order valence-corrected chi connectivity index (χ0v) is 11.4. The lowest BCUT2D eigenvalue weighted by Crippen LogP contribution is -2.12. The van der Waals surface area contributed by atoms with Gasteiger partial charge in [0.25, 0.3) is 5.91 Å². The van der Waals surface area contributed by atoms with E-state index in [0.29, 0.717) is 5.69 Å². The van der Waals surface area contributed by atoms with Crippen molar-refractivity contribution in [2.45, 2.75) is 33.1 Å². The molecule has 0 unspecified atom stereocenters. The number of aromatic amines is 1. The number of unbranched alkanes of at least 4 members (excludes halogenated alkanes) is 1. The summed E-state index contributed by atoms with van der Waals surface area (Å²) in [6.45, 7) is 4.05. The third kappa shape index (κ3) is 3.68. The fourth-order valence-corrected chi connectivity index (χ4v) is 1.87. The van der Waals surface area contributed by atoms with Gasteiger partial charge in [0.05, 0.1) is 0 Å². The molecule has 0 aliphatic rings. The summed E-state index contributed by atoms with van der Waals surface area (Å²) >= 11 is 0. The second-order valence-electron chi connectivity index (χ2n) is 4.69. The first-order chi connectivity index (χ1) is 9.19. The zero-order chi connectivity index (χ0) is 13.7. The van der Waals surface area contributed by atoms with Crippen LogP contribution in [0.2, 0.25) is 0 Å². The Morgan fingerprint density at radius 2 is 2.05 bits per heavy atom. The molecule has 0 saturated heterocycles. The molecule has 2 aromatic rings. The third-order valence-electron chi connectivity index (χ3n) is 2.97. The van der Waals surface area contributed by atoms with Gasteiger partial charge in [-0.15, -0.1) is 0 Å². The summed E-state index contributed by atoms with van der Waals surface area (Å²) in [5, 5.41) is 9.52. The summed E-state index contributed by atoms with van der Waals surface area (Å²) in [5.74, 6) is -0.189. The fraction of sp³-hybridized carbons (Fsp3) is 0.333. The van der Waals surface area contributed by atoms with Crippen LogP contribution in [0.15, 0.2) is 30.3 Å². The summed E-state index contributed by atoms with van der Waals surface area (Å²) in [4.78, 5) is 11.9. The van der Waals surface area contributed by atoms with E-state index in [1.165, 1.54) is 18.4 Å². The van der Waals surface area contributed by atoms with Crippen molar-refractivity contribution >= 4 is 11.6 Å². The van der Waals surface area contributed by atoms with Crippen molar-refractivity contribution in [1.29, 1.82) is 0 Å². The number of H-pyrrole nitrogens is 1. The first kappa shape index (κ1) is 13.3. The minimum Gasteiger partial charge on any atom is -0.321 e. The Kier molecular flexibility index (Phi) is 4.34. The van der Waals surface area contributed by atoms with Gasteiger partial charge in [0.15, 0.2) is 5.69 Å². The molecule has 100 valence electrons. The van der Waals surface area contributed by atoms with E-state index in [0.717, 1.165) is 17.8 Å².